The van der Waals surface area contributed by atoms with Gasteiger partial charge in [-0.2, -0.15) is 0 Å². The van der Waals surface area contributed by atoms with Crippen LogP contribution in [0.1, 0.15) is 19.5 Å². The average Bonchev–Trinajstić information content (AvgIpc) is 3.13. The van der Waals surface area contributed by atoms with Gasteiger partial charge in [-0.15, -0.1) is 0 Å². The van der Waals surface area contributed by atoms with Crippen molar-refractivity contribution in [2.75, 3.05) is 40.4 Å². The van der Waals surface area contributed by atoms with E-state index in [-0.39, 0.29) is 12.3 Å². The van der Waals surface area contributed by atoms with E-state index >= 15 is 0 Å². The molecule has 0 aliphatic heterocycles. The highest BCUT2D eigenvalue weighted by molar-refractivity contribution is 5.78. The number of rotatable bonds is 10. The van der Waals surface area contributed by atoms with Crippen LogP contribution in [0.4, 0.5) is 0 Å². The summed E-state index contributed by atoms with van der Waals surface area (Å²) in [6.07, 6.45) is 0.190. The van der Waals surface area contributed by atoms with Crippen LogP contribution in [-0.4, -0.2) is 56.4 Å². The Morgan fingerprint density at radius 3 is 2.54 bits per heavy atom. The van der Waals surface area contributed by atoms with E-state index in [1.165, 1.54) is 0 Å². The number of amides is 1. The minimum atomic E-state index is -0.0654. The molecule has 0 unspecified atom stereocenters. The predicted octanol–water partition coefficient (Wildman–Crippen LogP) is 2.36. The van der Waals surface area contributed by atoms with Crippen LogP contribution < -0.4 is 14.8 Å². The highest BCUT2D eigenvalue weighted by Gasteiger charge is 2.13. The van der Waals surface area contributed by atoms with Crippen molar-refractivity contribution in [1.29, 1.82) is 0 Å². The fourth-order valence-corrected chi connectivity index (χ4v) is 2.64. The summed E-state index contributed by atoms with van der Waals surface area (Å²) in [6.45, 7) is 7.64. The van der Waals surface area contributed by atoms with Gasteiger partial charge in [0.15, 0.2) is 17.3 Å². The third-order valence-corrected chi connectivity index (χ3v) is 4.21. The Morgan fingerprint density at radius 2 is 1.88 bits per heavy atom. The molecular formula is C19H27N3O4. The maximum atomic E-state index is 12.1. The van der Waals surface area contributed by atoms with E-state index in [1.807, 2.05) is 12.1 Å². The molecule has 0 fully saturated rings. The van der Waals surface area contributed by atoms with Gasteiger partial charge in [-0.25, -0.2) is 0 Å². The zero-order valence-electron chi connectivity index (χ0n) is 15.9. The summed E-state index contributed by atoms with van der Waals surface area (Å²) in [5, 5.41) is 6.90. The van der Waals surface area contributed by atoms with Crippen molar-refractivity contribution in [3.8, 4) is 22.8 Å². The molecule has 0 radical (unpaired) electrons. The van der Waals surface area contributed by atoms with Crippen LogP contribution in [-0.2, 0) is 11.2 Å². The molecule has 0 spiro atoms. The zero-order chi connectivity index (χ0) is 18.9. The molecule has 2 rings (SSSR count). The zero-order valence-corrected chi connectivity index (χ0v) is 15.9. The number of hydrogen-bond donors (Lipinski definition) is 1. The second kappa shape index (κ2) is 9.82. The van der Waals surface area contributed by atoms with Gasteiger partial charge in [-0.3, -0.25) is 4.79 Å². The molecule has 1 N–H and O–H groups in total. The van der Waals surface area contributed by atoms with Crippen LogP contribution in [0, 0.1) is 0 Å². The maximum absolute atomic E-state index is 12.1. The van der Waals surface area contributed by atoms with Crippen LogP contribution in [0.3, 0.4) is 0 Å². The summed E-state index contributed by atoms with van der Waals surface area (Å²) < 4.78 is 15.9. The van der Waals surface area contributed by atoms with Crippen LogP contribution in [0.25, 0.3) is 11.3 Å². The average molecular weight is 361 g/mol. The van der Waals surface area contributed by atoms with E-state index in [1.54, 1.807) is 26.4 Å². The molecule has 7 nitrogen and oxygen atoms in total. The number of ether oxygens (including phenoxy) is 2. The quantitative estimate of drug-likeness (QED) is 0.700. The lowest BCUT2D eigenvalue weighted by Gasteiger charge is -2.17. The van der Waals surface area contributed by atoms with Crippen molar-refractivity contribution >= 4 is 5.91 Å². The summed E-state index contributed by atoms with van der Waals surface area (Å²) in [5.41, 5.74) is 1.40. The topological polar surface area (TPSA) is 76.8 Å². The van der Waals surface area contributed by atoms with Gasteiger partial charge in [0.2, 0.25) is 5.91 Å². The minimum absolute atomic E-state index is 0.0654. The summed E-state index contributed by atoms with van der Waals surface area (Å²) in [6, 6.07) is 7.24. The van der Waals surface area contributed by atoms with Gasteiger partial charge in [-0.05, 0) is 31.3 Å². The normalized spacial score (nSPS) is 10.8. The fraction of sp³-hybridized carbons (Fsp3) is 0.474. The van der Waals surface area contributed by atoms with Crippen molar-refractivity contribution < 1.29 is 18.8 Å². The third-order valence-electron chi connectivity index (χ3n) is 4.21. The Hall–Kier alpha value is -2.54. The lowest BCUT2D eigenvalue weighted by Crippen LogP contribution is -2.35. The molecule has 1 aromatic heterocycles. The third kappa shape index (κ3) is 5.23. The van der Waals surface area contributed by atoms with Crippen LogP contribution in [0.2, 0.25) is 0 Å². The largest absolute Gasteiger partial charge is 0.493 e. The molecule has 7 heteroatoms. The van der Waals surface area contributed by atoms with Gasteiger partial charge in [0.05, 0.1) is 26.3 Å². The Kier molecular flexibility index (Phi) is 7.47. The van der Waals surface area contributed by atoms with Crippen molar-refractivity contribution in [3.63, 3.8) is 0 Å². The number of methoxy groups -OCH3 is 2. The summed E-state index contributed by atoms with van der Waals surface area (Å²) in [4.78, 5) is 14.3. The summed E-state index contributed by atoms with van der Waals surface area (Å²) >= 11 is 0. The first-order chi connectivity index (χ1) is 12.6. The molecule has 0 saturated heterocycles. The molecule has 1 heterocycles. The highest BCUT2D eigenvalue weighted by Crippen LogP contribution is 2.32. The Bertz CT molecular complexity index is 711. The van der Waals surface area contributed by atoms with Gasteiger partial charge < -0.3 is 24.2 Å². The number of likely N-dealkylation sites (N-methyl/N-ethyl adjacent to an activating group) is 1. The molecule has 0 saturated carbocycles. The predicted molar refractivity (Wildman–Crippen MR) is 99.5 cm³/mol. The molecule has 1 aromatic carbocycles. The van der Waals surface area contributed by atoms with Crippen LogP contribution in [0.5, 0.6) is 11.5 Å². The molecule has 0 aliphatic rings. The second-order valence-corrected chi connectivity index (χ2v) is 5.81. The fourth-order valence-electron chi connectivity index (χ4n) is 2.64. The number of hydrogen-bond acceptors (Lipinski definition) is 6. The molecule has 26 heavy (non-hydrogen) atoms. The minimum Gasteiger partial charge on any atom is -0.493 e. The van der Waals surface area contributed by atoms with Gasteiger partial charge in [0.25, 0.3) is 0 Å². The number of benzene rings is 1. The monoisotopic (exact) mass is 361 g/mol. The Morgan fingerprint density at radius 1 is 1.15 bits per heavy atom. The number of carbonyl (C=O) groups is 1. The number of nitrogens with one attached hydrogen (secondary N) is 1. The van der Waals surface area contributed by atoms with E-state index in [0.29, 0.717) is 29.5 Å². The SMILES string of the molecule is CCN(CC)CCNC(=O)Cc1cc(-c2ccc(OC)c(OC)c2)on1. The number of carbonyl (C=O) groups excluding carboxylic acids is 1. The first-order valence-electron chi connectivity index (χ1n) is 8.78. The van der Waals surface area contributed by atoms with Crippen LogP contribution >= 0.6 is 0 Å². The maximum Gasteiger partial charge on any atom is 0.226 e. The highest BCUT2D eigenvalue weighted by atomic mass is 16.5. The van der Waals surface area contributed by atoms with E-state index < -0.39 is 0 Å². The molecule has 0 atom stereocenters. The lowest BCUT2D eigenvalue weighted by atomic mass is 10.1. The number of aromatic nitrogens is 1. The number of nitrogens with zero attached hydrogens (tertiary/aromatic N) is 2. The summed E-state index contributed by atoms with van der Waals surface area (Å²) in [5.74, 6) is 1.77. The van der Waals surface area contributed by atoms with E-state index in [4.69, 9.17) is 14.0 Å². The molecule has 1 amide bonds. The first-order valence-corrected chi connectivity index (χ1v) is 8.78. The Balaban J connectivity index is 1.94. The van der Waals surface area contributed by atoms with Crippen molar-refractivity contribution in [2.45, 2.75) is 20.3 Å². The molecule has 2 aromatic rings. The molecule has 142 valence electrons. The van der Waals surface area contributed by atoms with E-state index in [2.05, 4.69) is 29.2 Å². The van der Waals surface area contributed by atoms with E-state index in [0.717, 1.165) is 25.2 Å². The van der Waals surface area contributed by atoms with Gasteiger partial charge in [-0.1, -0.05) is 19.0 Å². The molecule has 0 bridgehead atoms. The van der Waals surface area contributed by atoms with Crippen LogP contribution in [0.15, 0.2) is 28.8 Å². The van der Waals surface area contributed by atoms with Crippen molar-refractivity contribution in [2.24, 2.45) is 0 Å². The van der Waals surface area contributed by atoms with Gasteiger partial charge >= 0.3 is 0 Å². The van der Waals surface area contributed by atoms with Gasteiger partial charge in [0.1, 0.15) is 0 Å². The van der Waals surface area contributed by atoms with Crippen molar-refractivity contribution in [3.05, 3.63) is 30.0 Å². The molecule has 0 aliphatic carbocycles. The summed E-state index contributed by atoms with van der Waals surface area (Å²) in [7, 11) is 3.17. The standard InChI is InChI=1S/C19H27N3O4/c1-5-22(6-2)10-9-20-19(23)13-15-12-17(26-21-15)14-7-8-16(24-3)18(11-14)25-4/h7-8,11-12H,5-6,9-10,13H2,1-4H3,(H,20,23). The molecular weight excluding hydrogens is 334 g/mol. The second-order valence-electron chi connectivity index (χ2n) is 5.81. The Labute approximate surface area is 154 Å². The lowest BCUT2D eigenvalue weighted by molar-refractivity contribution is -0.120. The van der Waals surface area contributed by atoms with Gasteiger partial charge in [0, 0.05) is 24.7 Å². The first kappa shape index (κ1) is 19.8. The smallest absolute Gasteiger partial charge is 0.226 e. The van der Waals surface area contributed by atoms with E-state index in [9.17, 15) is 4.79 Å². The van der Waals surface area contributed by atoms with Crippen molar-refractivity contribution in [1.82, 2.24) is 15.4 Å².